The molecule has 1 aliphatic rings. The van der Waals surface area contributed by atoms with Gasteiger partial charge < -0.3 is 25.1 Å². The lowest BCUT2D eigenvalue weighted by molar-refractivity contribution is 0.105. The summed E-state index contributed by atoms with van der Waals surface area (Å²) in [7, 11) is -3.46. The van der Waals surface area contributed by atoms with Gasteiger partial charge in [-0.05, 0) is 61.6 Å². The summed E-state index contributed by atoms with van der Waals surface area (Å²) in [4.78, 5) is 17.2. The summed E-state index contributed by atoms with van der Waals surface area (Å²) in [5.74, 6) is 0.855. The molecule has 1 saturated heterocycles. The molecule has 3 aromatic rings. The molecule has 1 fully saturated rings. The molecule has 0 aliphatic carbocycles. The Morgan fingerprint density at radius 2 is 1.88 bits per heavy atom. The Bertz CT molecular complexity index is 1240. The van der Waals surface area contributed by atoms with E-state index in [1.165, 1.54) is 0 Å². The first-order valence-corrected chi connectivity index (χ1v) is 13.1. The number of hydrogen-bond acceptors (Lipinski definition) is 6. The normalized spacial score (nSPS) is 16.6. The van der Waals surface area contributed by atoms with Crippen LogP contribution in [0.4, 0.5) is 0 Å². The molecule has 0 radical (unpaired) electrons. The van der Waals surface area contributed by atoms with Gasteiger partial charge in [-0.2, -0.15) is 4.31 Å². The van der Waals surface area contributed by atoms with Crippen molar-refractivity contribution in [3.05, 3.63) is 58.5 Å². The Labute approximate surface area is 199 Å². The maximum absolute atomic E-state index is 12.9. The van der Waals surface area contributed by atoms with E-state index in [0.717, 1.165) is 24.8 Å². The molecule has 10 heteroatoms. The van der Waals surface area contributed by atoms with E-state index < -0.39 is 16.1 Å². The fraction of sp³-hybridized carbons (Fsp3) is 0.458. The van der Waals surface area contributed by atoms with Gasteiger partial charge in [0.2, 0.25) is 10.0 Å². The Balaban J connectivity index is 1.19. The molecule has 4 N–H and O–H groups in total. The van der Waals surface area contributed by atoms with Crippen LogP contribution < -0.4 is 15.7 Å². The zero-order valence-corrected chi connectivity index (χ0v) is 20.1. The predicted octanol–water partition coefficient (Wildman–Crippen LogP) is 1.85. The van der Waals surface area contributed by atoms with Crippen molar-refractivity contribution in [2.24, 2.45) is 5.92 Å². The Hall–Kier alpha value is -2.66. The van der Waals surface area contributed by atoms with E-state index in [-0.39, 0.29) is 12.3 Å². The number of sulfonamides is 1. The fourth-order valence-corrected chi connectivity index (χ4v) is 5.72. The van der Waals surface area contributed by atoms with Crippen LogP contribution in [0.2, 0.25) is 0 Å². The molecule has 34 heavy (non-hydrogen) atoms. The number of aliphatic hydroxyl groups is 1. The topological polar surface area (TPSA) is 128 Å². The van der Waals surface area contributed by atoms with Crippen molar-refractivity contribution in [2.45, 2.75) is 37.2 Å². The lowest BCUT2D eigenvalue weighted by atomic mass is 9.98. The molecule has 184 valence electrons. The number of imidazole rings is 1. The minimum atomic E-state index is -3.46. The summed E-state index contributed by atoms with van der Waals surface area (Å²) in [5, 5.41) is 13.5. The number of aliphatic hydroxyl groups excluding tert-OH is 1. The second-order valence-corrected chi connectivity index (χ2v) is 10.7. The van der Waals surface area contributed by atoms with Crippen LogP contribution in [0, 0.1) is 5.92 Å². The number of fused-ring (bicyclic) bond motifs is 1. The van der Waals surface area contributed by atoms with Crippen molar-refractivity contribution < 1.29 is 18.3 Å². The summed E-state index contributed by atoms with van der Waals surface area (Å²) in [6, 6.07) is 12.4. The summed E-state index contributed by atoms with van der Waals surface area (Å²) < 4.78 is 33.1. The van der Waals surface area contributed by atoms with Gasteiger partial charge >= 0.3 is 5.69 Å². The first kappa shape index (κ1) is 24.5. The first-order chi connectivity index (χ1) is 16.4. The van der Waals surface area contributed by atoms with Crippen LogP contribution in [0.5, 0.6) is 5.75 Å². The van der Waals surface area contributed by atoms with Crippen LogP contribution in [-0.2, 0) is 16.4 Å². The quantitative estimate of drug-likeness (QED) is 0.345. The van der Waals surface area contributed by atoms with Crippen LogP contribution in [-0.4, -0.2) is 66.7 Å². The number of hydrogen-bond donors (Lipinski definition) is 4. The van der Waals surface area contributed by atoms with Crippen LogP contribution >= 0.6 is 0 Å². The highest BCUT2D eigenvalue weighted by Gasteiger charge is 2.29. The zero-order chi connectivity index (χ0) is 24.1. The monoisotopic (exact) mass is 488 g/mol. The lowest BCUT2D eigenvalue weighted by Crippen LogP contribution is -2.42. The average molecular weight is 489 g/mol. The highest BCUT2D eigenvalue weighted by molar-refractivity contribution is 7.89. The van der Waals surface area contributed by atoms with Crippen molar-refractivity contribution in [3.8, 4) is 5.75 Å². The van der Waals surface area contributed by atoms with E-state index >= 15 is 0 Å². The number of aromatic nitrogens is 2. The molecular formula is C24H32N4O5S. The van der Waals surface area contributed by atoms with E-state index in [1.807, 2.05) is 19.1 Å². The number of ether oxygens (including phenoxy) is 1. The minimum absolute atomic E-state index is 0.0901. The predicted molar refractivity (Wildman–Crippen MR) is 131 cm³/mol. The zero-order valence-electron chi connectivity index (χ0n) is 19.3. The summed E-state index contributed by atoms with van der Waals surface area (Å²) >= 11 is 0. The van der Waals surface area contributed by atoms with E-state index in [4.69, 9.17) is 4.74 Å². The molecule has 0 amide bonds. The maximum atomic E-state index is 12.9. The first-order valence-electron chi connectivity index (χ1n) is 11.7. The number of piperidine rings is 1. The number of aryl methyl sites for hydroxylation is 1. The van der Waals surface area contributed by atoms with Gasteiger partial charge in [0, 0.05) is 19.6 Å². The van der Waals surface area contributed by atoms with E-state index in [2.05, 4.69) is 15.3 Å². The number of aromatic amines is 2. The molecule has 9 nitrogen and oxygen atoms in total. The van der Waals surface area contributed by atoms with E-state index in [0.29, 0.717) is 53.8 Å². The van der Waals surface area contributed by atoms with Crippen LogP contribution in [0.1, 0.15) is 25.3 Å². The van der Waals surface area contributed by atoms with Crippen LogP contribution in [0.15, 0.2) is 52.2 Å². The standard InChI is InChI=1S/C24H32N4O5S/c1-2-17-6-8-20(9-7-17)34(31,32)28-12-10-18(11-13-28)14-25-15-19(29)16-33-22-5-3-4-21-23(22)27-24(30)26-21/h3-9,18-19,25,29H,2,10-16H2,1H3,(H2,26,27,30)/t19-/m0/s1. The van der Waals surface area contributed by atoms with Crippen molar-refractivity contribution in [2.75, 3.05) is 32.8 Å². The fourth-order valence-electron chi connectivity index (χ4n) is 4.25. The van der Waals surface area contributed by atoms with Crippen molar-refractivity contribution in [1.29, 1.82) is 0 Å². The lowest BCUT2D eigenvalue weighted by Gasteiger charge is -2.31. The number of nitrogens with zero attached hydrogens (tertiary/aromatic N) is 1. The Kier molecular flexibility index (Phi) is 7.72. The Morgan fingerprint density at radius 1 is 1.15 bits per heavy atom. The smallest absolute Gasteiger partial charge is 0.323 e. The van der Waals surface area contributed by atoms with E-state index in [1.54, 1.807) is 34.6 Å². The van der Waals surface area contributed by atoms with Crippen LogP contribution in [0.25, 0.3) is 11.0 Å². The van der Waals surface area contributed by atoms with Gasteiger partial charge in [-0.3, -0.25) is 0 Å². The molecule has 1 aliphatic heterocycles. The number of benzene rings is 2. The second-order valence-electron chi connectivity index (χ2n) is 8.73. The molecule has 0 unspecified atom stereocenters. The van der Waals surface area contributed by atoms with Crippen LogP contribution in [0.3, 0.4) is 0 Å². The van der Waals surface area contributed by atoms with Gasteiger partial charge in [0.05, 0.1) is 10.4 Å². The third-order valence-corrected chi connectivity index (χ3v) is 8.21. The molecule has 1 aromatic heterocycles. The van der Waals surface area contributed by atoms with Gasteiger partial charge in [-0.1, -0.05) is 25.1 Å². The maximum Gasteiger partial charge on any atom is 0.323 e. The number of rotatable bonds is 10. The third-order valence-electron chi connectivity index (χ3n) is 6.30. The SMILES string of the molecule is CCc1ccc(S(=O)(=O)N2CCC(CNC[C@H](O)COc3cccc4[nH]c(=O)[nH]c34)CC2)cc1. The highest BCUT2D eigenvalue weighted by Crippen LogP contribution is 2.24. The molecule has 0 saturated carbocycles. The van der Waals surface area contributed by atoms with Crippen molar-refractivity contribution >= 4 is 21.1 Å². The third kappa shape index (κ3) is 5.69. The molecule has 0 spiro atoms. The van der Waals surface area contributed by atoms with Gasteiger partial charge in [0.15, 0.2) is 0 Å². The number of H-pyrrole nitrogens is 2. The number of para-hydroxylation sites is 1. The largest absolute Gasteiger partial charge is 0.489 e. The molecular weight excluding hydrogens is 456 g/mol. The van der Waals surface area contributed by atoms with Gasteiger partial charge in [0.25, 0.3) is 0 Å². The molecule has 1 atom stereocenters. The molecule has 2 aromatic carbocycles. The molecule has 0 bridgehead atoms. The second kappa shape index (κ2) is 10.7. The van der Waals surface area contributed by atoms with Gasteiger partial charge in [0.1, 0.15) is 24.0 Å². The minimum Gasteiger partial charge on any atom is -0.489 e. The van der Waals surface area contributed by atoms with Gasteiger partial charge in [-0.15, -0.1) is 0 Å². The average Bonchev–Trinajstić information content (AvgIpc) is 3.24. The summed E-state index contributed by atoms with van der Waals surface area (Å²) in [5.41, 5.74) is 2.05. The number of nitrogens with one attached hydrogen (secondary N) is 3. The Morgan fingerprint density at radius 3 is 2.59 bits per heavy atom. The molecule has 4 rings (SSSR count). The van der Waals surface area contributed by atoms with Gasteiger partial charge in [-0.25, -0.2) is 13.2 Å². The highest BCUT2D eigenvalue weighted by atomic mass is 32.2. The van der Waals surface area contributed by atoms with Crippen molar-refractivity contribution in [1.82, 2.24) is 19.6 Å². The van der Waals surface area contributed by atoms with Crippen molar-refractivity contribution in [3.63, 3.8) is 0 Å². The molecule has 2 heterocycles. The van der Waals surface area contributed by atoms with E-state index in [9.17, 15) is 18.3 Å². The summed E-state index contributed by atoms with van der Waals surface area (Å²) in [6.07, 6.45) is 1.71. The summed E-state index contributed by atoms with van der Waals surface area (Å²) in [6.45, 7) is 4.19.